The van der Waals surface area contributed by atoms with E-state index < -0.39 is 0 Å². The molecule has 134 valence electrons. The van der Waals surface area contributed by atoms with Crippen molar-refractivity contribution in [2.24, 2.45) is 0 Å². The molecule has 0 atom stereocenters. The van der Waals surface area contributed by atoms with Crippen molar-refractivity contribution in [2.45, 2.75) is 26.8 Å². The van der Waals surface area contributed by atoms with Gasteiger partial charge < -0.3 is 14.4 Å². The average Bonchev–Trinajstić information content (AvgIpc) is 3.06. The molecule has 0 fully saturated rings. The molecule has 7 heteroatoms. The van der Waals surface area contributed by atoms with Crippen LogP contribution >= 0.6 is 11.3 Å². The fourth-order valence-corrected chi connectivity index (χ4v) is 2.91. The van der Waals surface area contributed by atoms with Gasteiger partial charge in [0, 0.05) is 18.0 Å². The van der Waals surface area contributed by atoms with Gasteiger partial charge in [0.2, 0.25) is 0 Å². The number of carbonyl (C=O) groups excluding carboxylic acids is 2. The fraction of sp³-hybridized carbons (Fsp3) is 0.389. The van der Waals surface area contributed by atoms with Gasteiger partial charge in [-0.25, -0.2) is 4.98 Å². The first-order valence-corrected chi connectivity index (χ1v) is 8.81. The number of methoxy groups -OCH3 is 1. The van der Waals surface area contributed by atoms with E-state index in [-0.39, 0.29) is 18.3 Å². The van der Waals surface area contributed by atoms with Crippen LogP contribution in [0.1, 0.15) is 34.9 Å². The summed E-state index contributed by atoms with van der Waals surface area (Å²) in [6.07, 6.45) is 0.890. The minimum atomic E-state index is -0.163. The fourth-order valence-electron chi connectivity index (χ4n) is 2.17. The molecule has 0 N–H and O–H groups in total. The first-order valence-electron chi connectivity index (χ1n) is 7.93. The number of aryl methyl sites for hydroxylation is 1. The maximum Gasteiger partial charge on any atom is 0.260 e. The molecular weight excluding hydrogens is 340 g/mol. The lowest BCUT2D eigenvalue weighted by atomic mass is 10.1. The minimum absolute atomic E-state index is 0.0598. The number of rotatable bonds is 8. The van der Waals surface area contributed by atoms with Crippen LogP contribution in [0.25, 0.3) is 0 Å². The Morgan fingerprint density at radius 2 is 2.04 bits per heavy atom. The highest BCUT2D eigenvalue weighted by atomic mass is 32.1. The summed E-state index contributed by atoms with van der Waals surface area (Å²) in [5.41, 5.74) is 1.41. The minimum Gasteiger partial charge on any atom is -0.493 e. The van der Waals surface area contributed by atoms with E-state index in [4.69, 9.17) is 9.47 Å². The predicted molar refractivity (Wildman–Crippen MR) is 96.5 cm³/mol. The molecule has 1 aromatic carbocycles. The second kappa shape index (κ2) is 8.62. The van der Waals surface area contributed by atoms with Crippen molar-refractivity contribution < 1.29 is 19.1 Å². The van der Waals surface area contributed by atoms with E-state index in [1.807, 2.05) is 5.38 Å². The second-order valence-corrected chi connectivity index (χ2v) is 6.49. The van der Waals surface area contributed by atoms with Crippen LogP contribution in [0.3, 0.4) is 0 Å². The number of thiazole rings is 1. The van der Waals surface area contributed by atoms with Crippen molar-refractivity contribution in [3.05, 3.63) is 39.8 Å². The molecule has 1 aromatic heterocycles. The molecule has 0 saturated heterocycles. The topological polar surface area (TPSA) is 68.7 Å². The first kappa shape index (κ1) is 18.9. The Hall–Kier alpha value is -2.41. The zero-order valence-electron chi connectivity index (χ0n) is 14.9. The maximum absolute atomic E-state index is 12.3. The molecule has 0 spiro atoms. The Morgan fingerprint density at radius 1 is 1.28 bits per heavy atom. The molecule has 1 heterocycles. The number of amides is 1. The summed E-state index contributed by atoms with van der Waals surface area (Å²) >= 11 is 1.60. The number of aromatic nitrogens is 1. The Morgan fingerprint density at radius 3 is 2.64 bits per heavy atom. The Kier molecular flexibility index (Phi) is 6.52. The summed E-state index contributed by atoms with van der Waals surface area (Å²) in [4.78, 5) is 29.7. The SMILES string of the molecule is CCc1nc(CN(C)C(=O)COc2ccc(C(C)=O)cc2OC)cs1. The molecule has 0 radical (unpaired) electrons. The summed E-state index contributed by atoms with van der Waals surface area (Å²) in [6, 6.07) is 4.89. The molecule has 2 aromatic rings. The number of hydrogen-bond acceptors (Lipinski definition) is 6. The van der Waals surface area contributed by atoms with Gasteiger partial charge in [0.15, 0.2) is 23.9 Å². The van der Waals surface area contributed by atoms with Crippen LogP contribution in [-0.2, 0) is 17.8 Å². The number of hydrogen-bond donors (Lipinski definition) is 0. The van der Waals surface area contributed by atoms with Crippen LogP contribution in [0.2, 0.25) is 0 Å². The van der Waals surface area contributed by atoms with Crippen LogP contribution in [-0.4, -0.2) is 42.3 Å². The van der Waals surface area contributed by atoms with Gasteiger partial charge in [-0.3, -0.25) is 9.59 Å². The molecular formula is C18H22N2O4S. The molecule has 0 aliphatic carbocycles. The van der Waals surface area contributed by atoms with Crippen molar-refractivity contribution in [3.8, 4) is 11.5 Å². The number of ketones is 1. The van der Waals surface area contributed by atoms with Crippen molar-refractivity contribution in [1.82, 2.24) is 9.88 Å². The number of carbonyl (C=O) groups is 2. The average molecular weight is 362 g/mol. The third-order valence-corrected chi connectivity index (χ3v) is 4.69. The zero-order chi connectivity index (χ0) is 18.4. The van der Waals surface area contributed by atoms with Crippen LogP contribution in [0.5, 0.6) is 11.5 Å². The summed E-state index contributed by atoms with van der Waals surface area (Å²) in [5, 5.41) is 3.02. The van der Waals surface area contributed by atoms with Crippen LogP contribution in [0, 0.1) is 0 Å². The molecule has 6 nitrogen and oxygen atoms in total. The molecule has 1 amide bonds. The van der Waals surface area contributed by atoms with Gasteiger partial charge in [0.25, 0.3) is 5.91 Å². The van der Waals surface area contributed by atoms with Crippen LogP contribution < -0.4 is 9.47 Å². The molecule has 0 saturated carbocycles. The van der Waals surface area contributed by atoms with E-state index in [1.54, 1.807) is 41.5 Å². The van der Waals surface area contributed by atoms with Gasteiger partial charge >= 0.3 is 0 Å². The Labute approximate surface area is 151 Å². The van der Waals surface area contributed by atoms with Gasteiger partial charge in [-0.2, -0.15) is 0 Å². The third kappa shape index (κ3) is 5.03. The van der Waals surface area contributed by atoms with Gasteiger partial charge in [-0.05, 0) is 31.5 Å². The Bertz CT molecular complexity index is 757. The third-order valence-electron chi connectivity index (χ3n) is 3.65. The maximum atomic E-state index is 12.3. The highest BCUT2D eigenvalue weighted by molar-refractivity contribution is 7.09. The predicted octanol–water partition coefficient (Wildman–Crippen LogP) is 2.95. The molecule has 0 unspecified atom stereocenters. The highest BCUT2D eigenvalue weighted by Crippen LogP contribution is 2.28. The number of benzene rings is 1. The lowest BCUT2D eigenvalue weighted by Crippen LogP contribution is -2.31. The lowest BCUT2D eigenvalue weighted by Gasteiger charge is -2.17. The largest absolute Gasteiger partial charge is 0.493 e. The van der Waals surface area contributed by atoms with Crippen molar-refractivity contribution in [2.75, 3.05) is 20.8 Å². The Balaban J connectivity index is 1.95. The van der Waals surface area contributed by atoms with E-state index in [1.165, 1.54) is 14.0 Å². The number of Topliss-reactive ketones (excluding diaryl/α,β-unsaturated/α-hetero) is 1. The summed E-state index contributed by atoms with van der Waals surface area (Å²) in [7, 11) is 3.21. The standard InChI is InChI=1S/C18H22N2O4S/c1-5-17-19-14(11-25-17)9-20(3)18(22)10-24-15-7-6-13(12(2)21)8-16(15)23-4/h6-8,11H,5,9-10H2,1-4H3. The van der Waals surface area contributed by atoms with Gasteiger partial charge in [0.1, 0.15) is 0 Å². The van der Waals surface area contributed by atoms with E-state index in [9.17, 15) is 9.59 Å². The molecule has 0 aliphatic heterocycles. The summed E-state index contributed by atoms with van der Waals surface area (Å²) in [5.74, 6) is 0.630. The van der Waals surface area contributed by atoms with Crippen molar-refractivity contribution >= 4 is 23.0 Å². The lowest BCUT2D eigenvalue weighted by molar-refractivity contribution is -0.132. The summed E-state index contributed by atoms with van der Waals surface area (Å²) in [6.45, 7) is 3.86. The quantitative estimate of drug-likeness (QED) is 0.675. The van der Waals surface area contributed by atoms with Gasteiger partial charge in [-0.1, -0.05) is 6.92 Å². The van der Waals surface area contributed by atoms with E-state index in [0.29, 0.717) is 23.6 Å². The van der Waals surface area contributed by atoms with Gasteiger partial charge in [-0.15, -0.1) is 11.3 Å². The second-order valence-electron chi connectivity index (χ2n) is 5.55. The smallest absolute Gasteiger partial charge is 0.260 e. The van der Waals surface area contributed by atoms with Crippen molar-refractivity contribution in [3.63, 3.8) is 0 Å². The molecule has 0 aliphatic rings. The number of likely N-dealkylation sites (N-methyl/N-ethyl adjacent to an activating group) is 1. The van der Waals surface area contributed by atoms with Crippen molar-refractivity contribution in [1.29, 1.82) is 0 Å². The molecule has 25 heavy (non-hydrogen) atoms. The number of ether oxygens (including phenoxy) is 2. The molecule has 2 rings (SSSR count). The first-order chi connectivity index (χ1) is 11.9. The van der Waals surface area contributed by atoms with Crippen LogP contribution in [0.4, 0.5) is 0 Å². The highest BCUT2D eigenvalue weighted by Gasteiger charge is 2.14. The summed E-state index contributed by atoms with van der Waals surface area (Å²) < 4.78 is 10.8. The zero-order valence-corrected chi connectivity index (χ0v) is 15.7. The van der Waals surface area contributed by atoms with E-state index in [2.05, 4.69) is 11.9 Å². The molecule has 0 bridgehead atoms. The normalized spacial score (nSPS) is 10.4. The van der Waals surface area contributed by atoms with E-state index in [0.717, 1.165) is 17.1 Å². The number of nitrogens with zero attached hydrogens (tertiary/aromatic N) is 2. The van der Waals surface area contributed by atoms with Gasteiger partial charge in [0.05, 0.1) is 24.4 Å². The monoisotopic (exact) mass is 362 g/mol. The van der Waals surface area contributed by atoms with E-state index >= 15 is 0 Å². The van der Waals surface area contributed by atoms with Crippen LogP contribution in [0.15, 0.2) is 23.6 Å².